The van der Waals surface area contributed by atoms with Crippen molar-refractivity contribution in [2.24, 2.45) is 0 Å². The number of nitrogens with zero attached hydrogens (tertiary/aromatic N) is 1. The third kappa shape index (κ3) is 5.62. The van der Waals surface area contributed by atoms with E-state index in [0.717, 1.165) is 23.4 Å². The van der Waals surface area contributed by atoms with Crippen LogP contribution in [-0.4, -0.2) is 44.4 Å². The van der Waals surface area contributed by atoms with Crippen LogP contribution in [0.5, 0.6) is 0 Å². The molecule has 29 heavy (non-hydrogen) atoms. The Morgan fingerprint density at radius 3 is 2.41 bits per heavy atom. The maximum Gasteiger partial charge on any atom is 0.241 e. The fraction of sp³-hybridized carbons (Fsp3) is 0.381. The number of anilines is 1. The van der Waals surface area contributed by atoms with Gasteiger partial charge in [-0.25, -0.2) is 17.5 Å². The lowest BCUT2D eigenvalue weighted by Gasteiger charge is -2.35. The van der Waals surface area contributed by atoms with Crippen LogP contribution in [0.15, 0.2) is 53.4 Å². The minimum Gasteiger partial charge on any atom is -0.325 e. The first-order chi connectivity index (χ1) is 13.7. The smallest absolute Gasteiger partial charge is 0.241 e. The molecule has 1 aliphatic heterocycles. The van der Waals surface area contributed by atoms with Gasteiger partial charge in [-0.15, -0.1) is 0 Å². The number of hydrogen-bond acceptors (Lipinski definition) is 4. The van der Waals surface area contributed by atoms with E-state index in [9.17, 15) is 17.6 Å². The van der Waals surface area contributed by atoms with E-state index in [1.807, 2.05) is 43.0 Å². The molecule has 3 rings (SSSR count). The number of piperidine rings is 1. The number of halogens is 1. The lowest BCUT2D eigenvalue weighted by Crippen LogP contribution is -2.50. The minimum absolute atomic E-state index is 0.0484. The number of nitrogens with one attached hydrogen (secondary N) is 2. The van der Waals surface area contributed by atoms with Crippen molar-refractivity contribution in [3.63, 3.8) is 0 Å². The molecule has 1 heterocycles. The van der Waals surface area contributed by atoms with Crippen LogP contribution in [0.2, 0.25) is 0 Å². The van der Waals surface area contributed by atoms with Crippen molar-refractivity contribution in [2.45, 2.75) is 43.7 Å². The number of carbonyl (C=O) groups is 1. The molecule has 0 spiro atoms. The van der Waals surface area contributed by atoms with E-state index in [2.05, 4.69) is 10.0 Å². The third-order valence-corrected chi connectivity index (χ3v) is 6.72. The lowest BCUT2D eigenvalue weighted by atomic mass is 10.0. The van der Waals surface area contributed by atoms with Gasteiger partial charge in [-0.2, -0.15) is 0 Å². The summed E-state index contributed by atoms with van der Waals surface area (Å²) in [4.78, 5) is 14.6. The van der Waals surface area contributed by atoms with Gasteiger partial charge in [-0.1, -0.05) is 12.1 Å². The number of aryl methyl sites for hydroxylation is 1. The predicted octanol–water partition coefficient (Wildman–Crippen LogP) is 2.90. The highest BCUT2D eigenvalue weighted by Crippen LogP contribution is 2.18. The van der Waals surface area contributed by atoms with Gasteiger partial charge in [-0.05, 0) is 68.7 Å². The first-order valence-corrected chi connectivity index (χ1v) is 11.1. The first kappa shape index (κ1) is 21.4. The van der Waals surface area contributed by atoms with Gasteiger partial charge in [0.15, 0.2) is 0 Å². The molecule has 0 aliphatic carbocycles. The van der Waals surface area contributed by atoms with Crippen LogP contribution >= 0.6 is 0 Å². The zero-order chi connectivity index (χ0) is 21.0. The summed E-state index contributed by atoms with van der Waals surface area (Å²) in [5.74, 6) is -0.559. The fourth-order valence-electron chi connectivity index (χ4n) is 3.44. The molecule has 0 aromatic heterocycles. The largest absolute Gasteiger partial charge is 0.325 e. The molecule has 156 valence electrons. The molecule has 2 aromatic carbocycles. The van der Waals surface area contributed by atoms with Crippen LogP contribution in [0.1, 0.15) is 25.3 Å². The molecule has 8 heteroatoms. The predicted molar refractivity (Wildman–Crippen MR) is 111 cm³/mol. The molecule has 6 nitrogen and oxygen atoms in total. The monoisotopic (exact) mass is 419 g/mol. The summed E-state index contributed by atoms with van der Waals surface area (Å²) in [6.07, 6.45) is 1.20. The van der Waals surface area contributed by atoms with E-state index >= 15 is 0 Å². The summed E-state index contributed by atoms with van der Waals surface area (Å²) in [6.45, 7) is 5.04. The summed E-state index contributed by atoms with van der Waals surface area (Å²) < 4.78 is 40.6. The molecule has 1 unspecified atom stereocenters. The summed E-state index contributed by atoms with van der Waals surface area (Å²) in [5, 5.41) is 2.93. The molecule has 0 saturated carbocycles. The fourth-order valence-corrected chi connectivity index (χ4v) is 4.75. The Labute approximate surface area is 171 Å². The number of likely N-dealkylation sites (tertiary alicyclic amines) is 1. The van der Waals surface area contributed by atoms with Crippen LogP contribution in [0.3, 0.4) is 0 Å². The van der Waals surface area contributed by atoms with Gasteiger partial charge >= 0.3 is 0 Å². The zero-order valence-corrected chi connectivity index (χ0v) is 17.4. The van der Waals surface area contributed by atoms with Gasteiger partial charge in [0.2, 0.25) is 15.9 Å². The maximum atomic E-state index is 13.0. The maximum absolute atomic E-state index is 13.0. The van der Waals surface area contributed by atoms with Crippen LogP contribution in [0.25, 0.3) is 0 Å². The molecule has 1 fully saturated rings. The Morgan fingerprint density at radius 1 is 1.14 bits per heavy atom. The van der Waals surface area contributed by atoms with Crippen molar-refractivity contribution in [2.75, 3.05) is 18.4 Å². The number of sulfonamides is 1. The molecule has 0 bridgehead atoms. The third-order valence-electron chi connectivity index (χ3n) is 5.19. The van der Waals surface area contributed by atoms with Crippen molar-refractivity contribution in [3.05, 3.63) is 59.9 Å². The highest BCUT2D eigenvalue weighted by atomic mass is 32.2. The van der Waals surface area contributed by atoms with Crippen molar-refractivity contribution in [1.29, 1.82) is 0 Å². The van der Waals surface area contributed by atoms with Crippen molar-refractivity contribution in [3.8, 4) is 0 Å². The number of hydrogen-bond donors (Lipinski definition) is 2. The highest BCUT2D eigenvalue weighted by Gasteiger charge is 2.29. The molecule has 2 aromatic rings. The second-order valence-electron chi connectivity index (χ2n) is 7.42. The molecule has 0 radical (unpaired) electrons. The van der Waals surface area contributed by atoms with E-state index in [1.54, 1.807) is 0 Å². The van der Waals surface area contributed by atoms with Crippen molar-refractivity contribution < 1.29 is 17.6 Å². The second-order valence-corrected chi connectivity index (χ2v) is 9.13. The Morgan fingerprint density at radius 2 is 1.79 bits per heavy atom. The van der Waals surface area contributed by atoms with Gasteiger partial charge < -0.3 is 5.32 Å². The second kappa shape index (κ2) is 9.02. The van der Waals surface area contributed by atoms with Crippen LogP contribution in [0.4, 0.5) is 10.1 Å². The molecule has 2 N–H and O–H groups in total. The lowest BCUT2D eigenvalue weighted by molar-refractivity contribution is -0.121. The minimum atomic E-state index is -3.69. The molecule has 1 amide bonds. The van der Waals surface area contributed by atoms with E-state index in [1.165, 1.54) is 12.1 Å². The van der Waals surface area contributed by atoms with E-state index in [4.69, 9.17) is 0 Å². The van der Waals surface area contributed by atoms with Crippen molar-refractivity contribution in [1.82, 2.24) is 9.62 Å². The van der Waals surface area contributed by atoms with Crippen molar-refractivity contribution >= 4 is 21.6 Å². The number of benzene rings is 2. The van der Waals surface area contributed by atoms with Gasteiger partial charge in [0.1, 0.15) is 5.82 Å². The van der Waals surface area contributed by atoms with E-state index < -0.39 is 15.8 Å². The Balaban J connectivity index is 1.53. The molecule has 1 saturated heterocycles. The SMILES string of the molecule is Cc1cccc(NC(=O)C(C)N2CCC(NS(=O)(=O)c3ccc(F)cc3)CC2)c1. The highest BCUT2D eigenvalue weighted by molar-refractivity contribution is 7.89. The van der Waals surface area contributed by atoms with Crippen LogP contribution in [0, 0.1) is 12.7 Å². The average molecular weight is 420 g/mol. The number of amides is 1. The van der Waals surface area contributed by atoms with Gasteiger partial charge in [-0.3, -0.25) is 9.69 Å². The van der Waals surface area contributed by atoms with Crippen LogP contribution in [-0.2, 0) is 14.8 Å². The van der Waals surface area contributed by atoms with Gasteiger partial charge in [0.25, 0.3) is 0 Å². The number of carbonyl (C=O) groups excluding carboxylic acids is 1. The van der Waals surface area contributed by atoms with Crippen LogP contribution < -0.4 is 10.0 Å². The molecular weight excluding hydrogens is 393 g/mol. The summed E-state index contributed by atoms with van der Waals surface area (Å²) >= 11 is 0. The van der Waals surface area contributed by atoms with E-state index in [-0.39, 0.29) is 22.9 Å². The zero-order valence-electron chi connectivity index (χ0n) is 16.6. The molecule has 1 atom stereocenters. The Hall–Kier alpha value is -2.29. The standard InChI is InChI=1S/C21H26FN3O3S/c1-15-4-3-5-19(14-15)23-21(26)16(2)25-12-10-18(11-13-25)24-29(27,28)20-8-6-17(22)7-9-20/h3-9,14,16,18,24H,10-13H2,1-2H3,(H,23,26). The average Bonchev–Trinajstić information content (AvgIpc) is 2.68. The molecule has 1 aliphatic rings. The Bertz CT molecular complexity index is 955. The van der Waals surface area contributed by atoms with Gasteiger partial charge in [0.05, 0.1) is 10.9 Å². The normalized spacial score (nSPS) is 17.1. The summed E-state index contributed by atoms with van der Waals surface area (Å²) in [5.41, 5.74) is 1.84. The summed E-state index contributed by atoms with van der Waals surface area (Å²) in [7, 11) is -3.69. The first-order valence-electron chi connectivity index (χ1n) is 9.64. The summed E-state index contributed by atoms with van der Waals surface area (Å²) in [6, 6.07) is 11.9. The molecular formula is C21H26FN3O3S. The Kier molecular flexibility index (Phi) is 6.66. The number of rotatable bonds is 6. The topological polar surface area (TPSA) is 78.5 Å². The quantitative estimate of drug-likeness (QED) is 0.755. The van der Waals surface area contributed by atoms with Gasteiger partial charge in [0, 0.05) is 24.8 Å². The van der Waals surface area contributed by atoms with E-state index in [0.29, 0.717) is 25.9 Å².